The minimum atomic E-state index is -4.45. The molecule has 3 heterocycles. The van der Waals surface area contributed by atoms with Crippen LogP contribution in [0.15, 0.2) is 41.9 Å². The van der Waals surface area contributed by atoms with Crippen molar-refractivity contribution < 1.29 is 27.5 Å². The highest BCUT2D eigenvalue weighted by molar-refractivity contribution is 7.10. The number of carbonyl (C=O) groups excluding carboxylic acids is 2. The van der Waals surface area contributed by atoms with Gasteiger partial charge in [0.2, 0.25) is 5.91 Å². The highest BCUT2D eigenvalue weighted by atomic mass is 32.1. The van der Waals surface area contributed by atoms with E-state index in [0.717, 1.165) is 22.6 Å². The third-order valence-electron chi connectivity index (χ3n) is 6.00. The molecule has 0 aliphatic carbocycles. The second kappa shape index (κ2) is 10.2. The van der Waals surface area contributed by atoms with Gasteiger partial charge in [0.1, 0.15) is 0 Å². The number of halogens is 3. The zero-order valence-corrected chi connectivity index (χ0v) is 19.9. The smallest absolute Gasteiger partial charge is 0.416 e. The molecule has 3 aromatic rings. The Labute approximate surface area is 203 Å². The van der Waals surface area contributed by atoms with E-state index in [2.05, 4.69) is 20.4 Å². The van der Waals surface area contributed by atoms with E-state index in [1.165, 1.54) is 19.4 Å². The molecule has 1 aromatic carbocycles. The Hall–Kier alpha value is -3.25. The molecule has 4 rings (SSSR count). The summed E-state index contributed by atoms with van der Waals surface area (Å²) in [5, 5.41) is 12.7. The Balaban J connectivity index is 1.49. The first-order chi connectivity index (χ1) is 16.7. The third-order valence-corrected chi connectivity index (χ3v) is 7.01. The lowest BCUT2D eigenvalue weighted by Gasteiger charge is -2.23. The molecule has 186 valence electrons. The number of likely N-dealkylation sites (tertiary alicyclic amines) is 1. The number of nitrogens with zero attached hydrogens (tertiary/aromatic N) is 4. The van der Waals surface area contributed by atoms with Crippen LogP contribution in [0.1, 0.15) is 44.5 Å². The molecule has 2 aromatic heterocycles. The number of alkyl halides is 3. The Morgan fingerprint density at radius 3 is 2.77 bits per heavy atom. The van der Waals surface area contributed by atoms with E-state index >= 15 is 0 Å². The predicted octanol–water partition coefficient (Wildman–Crippen LogP) is 3.59. The predicted molar refractivity (Wildman–Crippen MR) is 122 cm³/mol. The highest BCUT2D eigenvalue weighted by Gasteiger charge is 2.38. The van der Waals surface area contributed by atoms with Crippen LogP contribution in [0.3, 0.4) is 0 Å². The van der Waals surface area contributed by atoms with Crippen LogP contribution in [0.4, 0.5) is 13.2 Å². The van der Waals surface area contributed by atoms with Crippen LogP contribution < -0.4 is 5.32 Å². The van der Waals surface area contributed by atoms with Gasteiger partial charge in [0.15, 0.2) is 5.69 Å². The van der Waals surface area contributed by atoms with Crippen molar-refractivity contribution in [3.05, 3.63) is 69.2 Å². The van der Waals surface area contributed by atoms with Gasteiger partial charge >= 0.3 is 12.1 Å². The average molecular weight is 508 g/mol. The number of aromatic nitrogens is 3. The first kappa shape index (κ1) is 24.9. The largest absolute Gasteiger partial charge is 0.464 e. The van der Waals surface area contributed by atoms with E-state index in [1.54, 1.807) is 22.1 Å². The minimum Gasteiger partial charge on any atom is -0.464 e. The number of rotatable bonds is 7. The van der Waals surface area contributed by atoms with Crippen molar-refractivity contribution in [1.82, 2.24) is 25.2 Å². The van der Waals surface area contributed by atoms with Crippen LogP contribution in [0.25, 0.3) is 0 Å². The summed E-state index contributed by atoms with van der Waals surface area (Å²) in [6.45, 7) is 3.01. The lowest BCUT2D eigenvalue weighted by Crippen LogP contribution is -2.42. The van der Waals surface area contributed by atoms with Gasteiger partial charge in [-0.2, -0.15) is 13.2 Å². The molecule has 1 aliphatic rings. The topological polar surface area (TPSA) is 89.4 Å². The molecule has 1 saturated heterocycles. The molecule has 0 saturated carbocycles. The van der Waals surface area contributed by atoms with Gasteiger partial charge in [0.25, 0.3) is 0 Å². The SMILES string of the molecule is COC(=O)c1cn([C@@H]2C[C@@H](C(=O)NCc3cccc(C(F)(F)F)c3)N(Cc3sccc3C)C2)nn1. The summed E-state index contributed by atoms with van der Waals surface area (Å²) in [5.74, 6) is -0.886. The van der Waals surface area contributed by atoms with Gasteiger partial charge in [0, 0.05) is 24.5 Å². The van der Waals surface area contributed by atoms with E-state index in [1.807, 2.05) is 23.3 Å². The van der Waals surface area contributed by atoms with E-state index < -0.39 is 23.8 Å². The molecule has 0 spiro atoms. The van der Waals surface area contributed by atoms with Gasteiger partial charge in [-0.15, -0.1) is 16.4 Å². The zero-order valence-electron chi connectivity index (χ0n) is 19.1. The number of esters is 1. The van der Waals surface area contributed by atoms with Crippen molar-refractivity contribution in [2.75, 3.05) is 13.7 Å². The Bertz CT molecular complexity index is 1210. The number of benzene rings is 1. The van der Waals surface area contributed by atoms with Gasteiger partial charge in [-0.25, -0.2) is 9.48 Å². The molecule has 8 nitrogen and oxygen atoms in total. The number of hydrogen-bond acceptors (Lipinski definition) is 7. The number of nitrogens with one attached hydrogen (secondary N) is 1. The number of thiophene rings is 1. The fourth-order valence-electron chi connectivity index (χ4n) is 4.09. The van der Waals surface area contributed by atoms with Crippen LogP contribution >= 0.6 is 11.3 Å². The summed E-state index contributed by atoms with van der Waals surface area (Å²) in [6, 6.07) is 6.17. The summed E-state index contributed by atoms with van der Waals surface area (Å²) in [6.07, 6.45) is -2.55. The highest BCUT2D eigenvalue weighted by Crippen LogP contribution is 2.31. The third kappa shape index (κ3) is 5.70. The summed E-state index contributed by atoms with van der Waals surface area (Å²) in [4.78, 5) is 28.1. The number of ether oxygens (including phenoxy) is 1. The second-order valence-electron chi connectivity index (χ2n) is 8.35. The maximum absolute atomic E-state index is 13.2. The average Bonchev–Trinajstić information content (AvgIpc) is 3.57. The Morgan fingerprint density at radius 2 is 2.09 bits per heavy atom. The van der Waals surface area contributed by atoms with Crippen LogP contribution in [-0.4, -0.2) is 51.5 Å². The molecule has 35 heavy (non-hydrogen) atoms. The molecule has 1 N–H and O–H groups in total. The molecule has 2 atom stereocenters. The van der Waals surface area contributed by atoms with Crippen LogP contribution in [0, 0.1) is 6.92 Å². The zero-order chi connectivity index (χ0) is 25.2. The van der Waals surface area contributed by atoms with Crippen molar-refractivity contribution >= 4 is 23.2 Å². The lowest BCUT2D eigenvalue weighted by molar-refractivity contribution is -0.137. The Kier molecular flexibility index (Phi) is 7.22. The molecule has 1 fully saturated rings. The van der Waals surface area contributed by atoms with E-state index in [9.17, 15) is 22.8 Å². The standard InChI is InChI=1S/C23H24F3N5O3S/c1-14-6-7-35-20(14)13-30-11-17(31-12-18(28-29-31)22(33)34-2)9-19(30)21(32)27-10-15-4-3-5-16(8-15)23(24,25)26/h3-8,12,17,19H,9-11,13H2,1-2H3,(H,27,32)/t17-,19+/m1/s1. The van der Waals surface area contributed by atoms with E-state index in [0.29, 0.717) is 25.1 Å². The molecule has 12 heteroatoms. The molecule has 1 aliphatic heterocycles. The maximum atomic E-state index is 13.2. The lowest BCUT2D eigenvalue weighted by atomic mass is 10.1. The normalized spacial score (nSPS) is 18.5. The maximum Gasteiger partial charge on any atom is 0.416 e. The molecule has 0 unspecified atom stereocenters. The molecule has 0 radical (unpaired) electrons. The Morgan fingerprint density at radius 1 is 1.29 bits per heavy atom. The molecule has 1 amide bonds. The van der Waals surface area contributed by atoms with Gasteiger partial charge in [-0.05, 0) is 48.1 Å². The number of aryl methyl sites for hydroxylation is 1. The summed E-state index contributed by atoms with van der Waals surface area (Å²) < 4.78 is 45.3. The van der Waals surface area contributed by atoms with Crippen molar-refractivity contribution in [1.29, 1.82) is 0 Å². The molecule has 0 bridgehead atoms. The van der Waals surface area contributed by atoms with Gasteiger partial charge in [0.05, 0.1) is 31.0 Å². The van der Waals surface area contributed by atoms with Crippen molar-refractivity contribution in [2.45, 2.75) is 44.7 Å². The summed E-state index contributed by atoms with van der Waals surface area (Å²) in [5.41, 5.74) is 0.802. The van der Waals surface area contributed by atoms with E-state index in [4.69, 9.17) is 0 Å². The van der Waals surface area contributed by atoms with Crippen LogP contribution in [0.2, 0.25) is 0 Å². The van der Waals surface area contributed by atoms with Crippen molar-refractivity contribution in [3.8, 4) is 0 Å². The number of amides is 1. The summed E-state index contributed by atoms with van der Waals surface area (Å²) >= 11 is 1.60. The van der Waals surface area contributed by atoms with Gasteiger partial charge in [-0.1, -0.05) is 17.3 Å². The van der Waals surface area contributed by atoms with Crippen molar-refractivity contribution in [2.24, 2.45) is 0 Å². The minimum absolute atomic E-state index is 0.0222. The first-order valence-corrected chi connectivity index (χ1v) is 11.7. The summed E-state index contributed by atoms with van der Waals surface area (Å²) in [7, 11) is 1.26. The fourth-order valence-corrected chi connectivity index (χ4v) is 5.02. The fraction of sp³-hybridized carbons (Fsp3) is 0.391. The van der Waals surface area contributed by atoms with Crippen LogP contribution in [-0.2, 0) is 28.8 Å². The van der Waals surface area contributed by atoms with Crippen molar-refractivity contribution in [3.63, 3.8) is 0 Å². The monoisotopic (exact) mass is 507 g/mol. The van der Waals surface area contributed by atoms with E-state index in [-0.39, 0.29) is 24.2 Å². The number of carbonyl (C=O) groups is 2. The first-order valence-electron chi connectivity index (χ1n) is 10.9. The van der Waals surface area contributed by atoms with Gasteiger partial charge in [-0.3, -0.25) is 9.69 Å². The number of methoxy groups -OCH3 is 1. The van der Waals surface area contributed by atoms with Crippen LogP contribution in [0.5, 0.6) is 0 Å². The second-order valence-corrected chi connectivity index (χ2v) is 9.35. The van der Waals surface area contributed by atoms with Gasteiger partial charge < -0.3 is 10.1 Å². The quantitative estimate of drug-likeness (QED) is 0.492. The molecular formula is C23H24F3N5O3S. The molecular weight excluding hydrogens is 483 g/mol. The number of hydrogen-bond donors (Lipinski definition) is 1.